The second kappa shape index (κ2) is 2.70. The van der Waals surface area contributed by atoms with Crippen molar-refractivity contribution in [2.45, 2.75) is 37.4 Å². The highest BCUT2D eigenvalue weighted by atomic mass is 19.1. The van der Waals surface area contributed by atoms with Crippen LogP contribution in [0, 0.1) is 5.82 Å². The van der Waals surface area contributed by atoms with E-state index in [2.05, 4.69) is 10.2 Å². The molecule has 1 aromatic rings. The Hall–Kier alpha value is -1.10. The lowest BCUT2D eigenvalue weighted by molar-refractivity contribution is 0.0999. The van der Waals surface area contributed by atoms with E-state index in [4.69, 9.17) is 10.5 Å². The first kappa shape index (κ1) is 8.23. The van der Waals surface area contributed by atoms with Gasteiger partial charge in [0.25, 0.3) is 0 Å². The molecule has 0 radical (unpaired) electrons. The number of hydrogen-bond donors (Lipinski definition) is 2. The number of anilines is 1. The maximum atomic E-state index is 13.5. The van der Waals surface area contributed by atoms with Crippen LogP contribution < -0.4 is 5.73 Å². The number of nitrogen functional groups attached to an aromatic ring is 1. The molecule has 3 N–H and O–H groups in total. The lowest BCUT2D eigenvalue weighted by Crippen LogP contribution is -2.15. The maximum absolute atomic E-state index is 13.5. The van der Waals surface area contributed by atoms with E-state index in [9.17, 15) is 4.39 Å². The standard InChI is InChI=1S/C9H12FN3O/c10-7-8(12-13-9(7)11)5-3-4-1-2-6(5)14-4/h4-6H,1-3H2,(H3,11,12,13). The monoisotopic (exact) mass is 197 g/mol. The van der Waals surface area contributed by atoms with Gasteiger partial charge < -0.3 is 10.5 Å². The Labute approximate surface area is 80.6 Å². The van der Waals surface area contributed by atoms with Gasteiger partial charge >= 0.3 is 0 Å². The van der Waals surface area contributed by atoms with Gasteiger partial charge in [-0.05, 0) is 19.3 Å². The summed E-state index contributed by atoms with van der Waals surface area (Å²) in [6, 6.07) is 0. The fourth-order valence-corrected chi connectivity index (χ4v) is 2.54. The molecule has 0 aliphatic carbocycles. The van der Waals surface area contributed by atoms with Gasteiger partial charge in [-0.3, -0.25) is 5.10 Å². The van der Waals surface area contributed by atoms with Gasteiger partial charge in [-0.15, -0.1) is 0 Å². The average molecular weight is 197 g/mol. The van der Waals surface area contributed by atoms with Crippen molar-refractivity contribution < 1.29 is 9.13 Å². The zero-order valence-electron chi connectivity index (χ0n) is 7.66. The molecule has 2 fully saturated rings. The molecular formula is C9H12FN3O. The third kappa shape index (κ3) is 0.987. The van der Waals surface area contributed by atoms with Gasteiger partial charge in [0.15, 0.2) is 11.6 Å². The molecule has 76 valence electrons. The van der Waals surface area contributed by atoms with Crippen LogP contribution in [0.5, 0.6) is 0 Å². The van der Waals surface area contributed by atoms with Gasteiger partial charge in [-0.2, -0.15) is 5.10 Å². The minimum Gasteiger partial charge on any atom is -0.380 e. The summed E-state index contributed by atoms with van der Waals surface area (Å²) in [5, 5.41) is 6.34. The molecule has 1 aromatic heterocycles. The summed E-state index contributed by atoms with van der Waals surface area (Å²) in [5.41, 5.74) is 5.87. The number of H-pyrrole nitrogens is 1. The van der Waals surface area contributed by atoms with Crippen molar-refractivity contribution in [3.8, 4) is 0 Å². The minimum atomic E-state index is -0.397. The van der Waals surface area contributed by atoms with Crippen LogP contribution in [-0.4, -0.2) is 22.4 Å². The fourth-order valence-electron chi connectivity index (χ4n) is 2.54. The summed E-state index contributed by atoms with van der Waals surface area (Å²) < 4.78 is 19.1. The van der Waals surface area contributed by atoms with Crippen molar-refractivity contribution in [1.29, 1.82) is 0 Å². The van der Waals surface area contributed by atoms with E-state index >= 15 is 0 Å². The van der Waals surface area contributed by atoms with E-state index in [0.29, 0.717) is 11.8 Å². The number of nitrogens with two attached hydrogens (primary N) is 1. The van der Waals surface area contributed by atoms with E-state index in [1.54, 1.807) is 0 Å². The summed E-state index contributed by atoms with van der Waals surface area (Å²) in [5.74, 6) is -0.313. The van der Waals surface area contributed by atoms with E-state index < -0.39 is 5.82 Å². The molecule has 0 spiro atoms. The average Bonchev–Trinajstić information content (AvgIpc) is 2.84. The Bertz CT molecular complexity index is 365. The van der Waals surface area contributed by atoms with E-state index in [1.807, 2.05) is 0 Å². The largest absolute Gasteiger partial charge is 0.380 e. The molecular weight excluding hydrogens is 185 g/mol. The summed E-state index contributed by atoms with van der Waals surface area (Å²) in [4.78, 5) is 0. The number of aromatic nitrogens is 2. The van der Waals surface area contributed by atoms with E-state index in [0.717, 1.165) is 19.3 Å². The predicted octanol–water partition coefficient (Wildman–Crippen LogP) is 1.17. The predicted molar refractivity (Wildman–Crippen MR) is 48.2 cm³/mol. The quantitative estimate of drug-likeness (QED) is 0.710. The van der Waals surface area contributed by atoms with Gasteiger partial charge in [0.1, 0.15) is 0 Å². The molecule has 14 heavy (non-hydrogen) atoms. The highest BCUT2D eigenvalue weighted by Gasteiger charge is 2.43. The zero-order valence-corrected chi connectivity index (χ0v) is 7.66. The molecule has 3 heterocycles. The molecule has 2 aliphatic heterocycles. The highest BCUT2D eigenvalue weighted by molar-refractivity contribution is 5.34. The molecule has 0 aromatic carbocycles. The van der Waals surface area contributed by atoms with Crippen molar-refractivity contribution in [1.82, 2.24) is 10.2 Å². The summed E-state index contributed by atoms with van der Waals surface area (Å²) in [6.07, 6.45) is 3.49. The fraction of sp³-hybridized carbons (Fsp3) is 0.667. The van der Waals surface area contributed by atoms with Crippen LogP contribution in [-0.2, 0) is 4.74 Å². The van der Waals surface area contributed by atoms with Crippen molar-refractivity contribution in [2.75, 3.05) is 5.73 Å². The Balaban J connectivity index is 1.93. The molecule has 2 aliphatic rings. The second-order valence-electron chi connectivity index (χ2n) is 4.05. The molecule has 0 saturated carbocycles. The Morgan fingerprint density at radius 3 is 2.86 bits per heavy atom. The first-order valence-corrected chi connectivity index (χ1v) is 4.90. The van der Waals surface area contributed by atoms with Crippen LogP contribution in [0.2, 0.25) is 0 Å². The van der Waals surface area contributed by atoms with E-state index in [1.165, 1.54) is 0 Å². The maximum Gasteiger partial charge on any atom is 0.188 e. The Kier molecular flexibility index (Phi) is 1.58. The molecule has 5 heteroatoms. The van der Waals surface area contributed by atoms with Crippen molar-refractivity contribution in [2.24, 2.45) is 0 Å². The number of nitrogens with one attached hydrogen (secondary N) is 1. The normalized spacial score (nSPS) is 35.4. The molecule has 3 unspecified atom stereocenters. The lowest BCUT2D eigenvalue weighted by atomic mass is 9.87. The van der Waals surface area contributed by atoms with Gasteiger partial charge in [0.2, 0.25) is 0 Å². The highest BCUT2D eigenvalue weighted by Crippen LogP contribution is 2.44. The summed E-state index contributed by atoms with van der Waals surface area (Å²) in [7, 11) is 0. The third-order valence-corrected chi connectivity index (χ3v) is 3.23. The van der Waals surface area contributed by atoms with Crippen LogP contribution in [0.25, 0.3) is 0 Å². The molecule has 2 saturated heterocycles. The van der Waals surface area contributed by atoms with E-state index in [-0.39, 0.29) is 17.8 Å². The Morgan fingerprint density at radius 2 is 2.36 bits per heavy atom. The van der Waals surface area contributed by atoms with Crippen LogP contribution >= 0.6 is 0 Å². The number of rotatable bonds is 1. The number of hydrogen-bond acceptors (Lipinski definition) is 3. The topological polar surface area (TPSA) is 63.9 Å². The van der Waals surface area contributed by atoms with Crippen molar-refractivity contribution in [3.63, 3.8) is 0 Å². The van der Waals surface area contributed by atoms with Gasteiger partial charge in [-0.25, -0.2) is 4.39 Å². The number of aromatic amines is 1. The lowest BCUT2D eigenvalue weighted by Gasteiger charge is -2.16. The molecule has 3 rings (SSSR count). The zero-order chi connectivity index (χ0) is 9.71. The number of ether oxygens (including phenoxy) is 1. The van der Waals surface area contributed by atoms with Crippen LogP contribution in [0.4, 0.5) is 10.2 Å². The first-order valence-electron chi connectivity index (χ1n) is 4.90. The Morgan fingerprint density at radius 1 is 1.50 bits per heavy atom. The number of fused-ring (bicyclic) bond motifs is 2. The van der Waals surface area contributed by atoms with Crippen molar-refractivity contribution >= 4 is 5.82 Å². The van der Waals surface area contributed by atoms with Crippen LogP contribution in [0.15, 0.2) is 0 Å². The SMILES string of the molecule is Nc1n[nH]c(C2CC3CCC2O3)c1F. The van der Waals surface area contributed by atoms with Gasteiger partial charge in [-0.1, -0.05) is 0 Å². The van der Waals surface area contributed by atoms with Gasteiger partial charge in [0, 0.05) is 5.92 Å². The third-order valence-electron chi connectivity index (χ3n) is 3.23. The number of halogens is 1. The summed E-state index contributed by atoms with van der Waals surface area (Å²) >= 11 is 0. The minimum absolute atomic E-state index is 0.0391. The van der Waals surface area contributed by atoms with Crippen molar-refractivity contribution in [3.05, 3.63) is 11.5 Å². The van der Waals surface area contributed by atoms with Crippen LogP contribution in [0.1, 0.15) is 30.9 Å². The molecule has 2 bridgehead atoms. The number of nitrogens with zero attached hydrogens (tertiary/aromatic N) is 1. The molecule has 0 amide bonds. The smallest absolute Gasteiger partial charge is 0.188 e. The molecule has 3 atom stereocenters. The first-order chi connectivity index (χ1) is 6.75. The molecule has 4 nitrogen and oxygen atoms in total. The van der Waals surface area contributed by atoms with Gasteiger partial charge in [0.05, 0.1) is 17.9 Å². The van der Waals surface area contributed by atoms with Crippen LogP contribution in [0.3, 0.4) is 0 Å². The summed E-state index contributed by atoms with van der Waals surface area (Å²) in [6.45, 7) is 0. The second-order valence-corrected chi connectivity index (χ2v) is 4.05.